The zero-order chi connectivity index (χ0) is 15.0. The Morgan fingerprint density at radius 3 is 2.65 bits per heavy atom. The molecule has 0 fully saturated rings. The standard InChI is InChI=1S/C16H26BrNO2/c1-5-9-19-15-8-7-14(17)10-13(15)11-18-12-16(3,4)20-6-2/h7-8,10,18H,5-6,9,11-12H2,1-4H3. The van der Waals surface area contributed by atoms with Crippen molar-refractivity contribution in [2.75, 3.05) is 19.8 Å². The van der Waals surface area contributed by atoms with E-state index in [4.69, 9.17) is 9.47 Å². The Kier molecular flexibility index (Phi) is 7.56. The zero-order valence-corrected chi connectivity index (χ0v) is 14.5. The minimum absolute atomic E-state index is 0.148. The van der Waals surface area contributed by atoms with Crippen molar-refractivity contribution < 1.29 is 9.47 Å². The number of ether oxygens (including phenoxy) is 2. The molecular weight excluding hydrogens is 318 g/mol. The normalized spacial score (nSPS) is 11.7. The van der Waals surface area contributed by atoms with Crippen LogP contribution in [-0.2, 0) is 11.3 Å². The van der Waals surface area contributed by atoms with E-state index in [1.165, 1.54) is 5.56 Å². The highest BCUT2D eigenvalue weighted by Gasteiger charge is 2.17. The van der Waals surface area contributed by atoms with Gasteiger partial charge in [0.25, 0.3) is 0 Å². The monoisotopic (exact) mass is 343 g/mol. The van der Waals surface area contributed by atoms with Crippen molar-refractivity contribution in [1.29, 1.82) is 0 Å². The Morgan fingerprint density at radius 1 is 1.25 bits per heavy atom. The minimum Gasteiger partial charge on any atom is -0.493 e. The molecule has 0 atom stereocenters. The molecule has 3 nitrogen and oxygen atoms in total. The van der Waals surface area contributed by atoms with Gasteiger partial charge >= 0.3 is 0 Å². The van der Waals surface area contributed by atoms with Crippen LogP contribution < -0.4 is 10.1 Å². The molecule has 0 aliphatic carbocycles. The van der Waals surface area contributed by atoms with Crippen LogP contribution in [-0.4, -0.2) is 25.4 Å². The lowest BCUT2D eigenvalue weighted by molar-refractivity contribution is -0.00900. The lowest BCUT2D eigenvalue weighted by atomic mass is 10.1. The van der Waals surface area contributed by atoms with Gasteiger partial charge in [0.15, 0.2) is 0 Å². The molecule has 0 aromatic heterocycles. The Bertz CT molecular complexity index is 407. The summed E-state index contributed by atoms with van der Waals surface area (Å²) >= 11 is 3.51. The third kappa shape index (κ3) is 6.25. The number of hydrogen-bond acceptors (Lipinski definition) is 3. The van der Waals surface area contributed by atoms with E-state index < -0.39 is 0 Å². The summed E-state index contributed by atoms with van der Waals surface area (Å²) in [5.74, 6) is 0.955. The van der Waals surface area contributed by atoms with Gasteiger partial charge in [-0.1, -0.05) is 22.9 Å². The van der Waals surface area contributed by atoms with Crippen molar-refractivity contribution >= 4 is 15.9 Å². The molecular formula is C16H26BrNO2. The first kappa shape index (κ1) is 17.5. The highest BCUT2D eigenvalue weighted by molar-refractivity contribution is 9.10. The largest absolute Gasteiger partial charge is 0.493 e. The summed E-state index contributed by atoms with van der Waals surface area (Å²) < 4.78 is 12.5. The molecule has 0 aliphatic rings. The van der Waals surface area contributed by atoms with Gasteiger partial charge in [-0.05, 0) is 45.4 Å². The molecule has 0 saturated heterocycles. The summed E-state index contributed by atoms with van der Waals surface area (Å²) in [5.41, 5.74) is 1.02. The molecule has 1 aromatic rings. The average molecular weight is 344 g/mol. The highest BCUT2D eigenvalue weighted by atomic mass is 79.9. The first-order valence-electron chi connectivity index (χ1n) is 7.24. The lowest BCUT2D eigenvalue weighted by Crippen LogP contribution is -2.37. The summed E-state index contributed by atoms with van der Waals surface area (Å²) in [4.78, 5) is 0. The fourth-order valence-electron chi connectivity index (χ4n) is 1.98. The molecule has 0 radical (unpaired) electrons. The van der Waals surface area contributed by atoms with Gasteiger partial charge in [0.1, 0.15) is 5.75 Å². The second-order valence-electron chi connectivity index (χ2n) is 5.40. The van der Waals surface area contributed by atoms with E-state index in [1.807, 2.05) is 19.1 Å². The molecule has 0 aliphatic heterocycles. The molecule has 1 aromatic carbocycles. The molecule has 0 unspecified atom stereocenters. The maximum absolute atomic E-state index is 5.78. The van der Waals surface area contributed by atoms with Crippen molar-refractivity contribution in [2.24, 2.45) is 0 Å². The molecule has 4 heteroatoms. The van der Waals surface area contributed by atoms with Gasteiger partial charge in [-0.2, -0.15) is 0 Å². The Hall–Kier alpha value is -0.580. The molecule has 1 rings (SSSR count). The predicted molar refractivity (Wildman–Crippen MR) is 87.3 cm³/mol. The fourth-order valence-corrected chi connectivity index (χ4v) is 2.39. The van der Waals surface area contributed by atoms with Crippen molar-refractivity contribution in [1.82, 2.24) is 5.32 Å². The Balaban J connectivity index is 2.59. The van der Waals surface area contributed by atoms with Gasteiger partial charge in [0.05, 0.1) is 12.2 Å². The SMILES string of the molecule is CCCOc1ccc(Br)cc1CNCC(C)(C)OCC. The van der Waals surface area contributed by atoms with Crippen LogP contribution in [0.2, 0.25) is 0 Å². The van der Waals surface area contributed by atoms with Gasteiger partial charge in [0, 0.05) is 29.7 Å². The Morgan fingerprint density at radius 2 is 2.00 bits per heavy atom. The van der Waals surface area contributed by atoms with Gasteiger partial charge in [-0.15, -0.1) is 0 Å². The van der Waals surface area contributed by atoms with Crippen LogP contribution >= 0.6 is 15.9 Å². The van der Waals surface area contributed by atoms with E-state index in [1.54, 1.807) is 0 Å². The quantitative estimate of drug-likeness (QED) is 0.730. The van der Waals surface area contributed by atoms with Gasteiger partial charge in [0.2, 0.25) is 0 Å². The maximum atomic E-state index is 5.78. The van der Waals surface area contributed by atoms with Crippen LogP contribution in [0.5, 0.6) is 5.75 Å². The molecule has 1 N–H and O–H groups in total. The Labute approximate surface area is 131 Å². The molecule has 0 heterocycles. The molecule has 0 amide bonds. The summed E-state index contributed by atoms with van der Waals surface area (Å²) in [6.07, 6.45) is 1.01. The second-order valence-corrected chi connectivity index (χ2v) is 6.31. The molecule has 20 heavy (non-hydrogen) atoms. The molecule has 114 valence electrons. The third-order valence-electron chi connectivity index (χ3n) is 2.89. The summed E-state index contributed by atoms with van der Waals surface area (Å²) in [6, 6.07) is 6.13. The number of nitrogens with one attached hydrogen (secondary N) is 1. The molecule has 0 bridgehead atoms. The maximum Gasteiger partial charge on any atom is 0.123 e. The van der Waals surface area contributed by atoms with E-state index in [0.29, 0.717) is 0 Å². The first-order chi connectivity index (χ1) is 9.48. The third-order valence-corrected chi connectivity index (χ3v) is 3.38. The summed E-state index contributed by atoms with van der Waals surface area (Å²) in [5, 5.41) is 3.44. The van der Waals surface area contributed by atoms with Crippen LogP contribution in [0.15, 0.2) is 22.7 Å². The van der Waals surface area contributed by atoms with Crippen LogP contribution in [0.25, 0.3) is 0 Å². The van der Waals surface area contributed by atoms with Crippen LogP contribution in [0.4, 0.5) is 0 Å². The highest BCUT2D eigenvalue weighted by Crippen LogP contribution is 2.23. The van der Waals surface area contributed by atoms with Gasteiger partial charge < -0.3 is 14.8 Å². The second kappa shape index (κ2) is 8.65. The van der Waals surface area contributed by atoms with E-state index in [-0.39, 0.29) is 5.60 Å². The number of rotatable bonds is 9. The topological polar surface area (TPSA) is 30.5 Å². The van der Waals surface area contributed by atoms with Crippen LogP contribution in [0.1, 0.15) is 39.7 Å². The van der Waals surface area contributed by atoms with E-state index in [0.717, 1.165) is 42.9 Å². The lowest BCUT2D eigenvalue weighted by Gasteiger charge is -2.25. The fraction of sp³-hybridized carbons (Fsp3) is 0.625. The van der Waals surface area contributed by atoms with Gasteiger partial charge in [-0.3, -0.25) is 0 Å². The van der Waals surface area contributed by atoms with Crippen LogP contribution in [0.3, 0.4) is 0 Å². The van der Waals surface area contributed by atoms with E-state index in [9.17, 15) is 0 Å². The van der Waals surface area contributed by atoms with Crippen molar-refractivity contribution in [3.05, 3.63) is 28.2 Å². The minimum atomic E-state index is -0.148. The van der Waals surface area contributed by atoms with E-state index in [2.05, 4.69) is 48.1 Å². The van der Waals surface area contributed by atoms with Crippen LogP contribution in [0, 0.1) is 0 Å². The predicted octanol–water partition coefficient (Wildman–Crippen LogP) is 4.14. The zero-order valence-electron chi connectivity index (χ0n) is 13.0. The smallest absolute Gasteiger partial charge is 0.123 e. The number of halogens is 1. The number of benzene rings is 1. The van der Waals surface area contributed by atoms with E-state index >= 15 is 0 Å². The first-order valence-corrected chi connectivity index (χ1v) is 8.03. The summed E-state index contributed by atoms with van der Waals surface area (Å²) in [6.45, 7) is 11.4. The average Bonchev–Trinajstić information content (AvgIpc) is 2.37. The molecule has 0 saturated carbocycles. The van der Waals surface area contributed by atoms with Gasteiger partial charge in [-0.25, -0.2) is 0 Å². The van der Waals surface area contributed by atoms with Crippen molar-refractivity contribution in [3.8, 4) is 5.75 Å². The molecule has 0 spiro atoms. The number of hydrogen-bond donors (Lipinski definition) is 1. The van der Waals surface area contributed by atoms with Crippen molar-refractivity contribution in [2.45, 2.75) is 46.3 Å². The summed E-state index contributed by atoms with van der Waals surface area (Å²) in [7, 11) is 0. The van der Waals surface area contributed by atoms with Crippen molar-refractivity contribution in [3.63, 3.8) is 0 Å².